The summed E-state index contributed by atoms with van der Waals surface area (Å²) in [5.41, 5.74) is 5.72. The third-order valence-corrected chi connectivity index (χ3v) is 3.84. The second-order valence-corrected chi connectivity index (χ2v) is 5.66. The van der Waals surface area contributed by atoms with Crippen molar-refractivity contribution in [2.75, 3.05) is 13.7 Å². The van der Waals surface area contributed by atoms with Gasteiger partial charge in [0.25, 0.3) is 0 Å². The molecule has 1 aromatic rings. The summed E-state index contributed by atoms with van der Waals surface area (Å²) in [6.07, 6.45) is 1.88. The van der Waals surface area contributed by atoms with Crippen molar-refractivity contribution >= 4 is 22.9 Å². The number of hydroxylamine groups is 2. The second-order valence-electron chi connectivity index (χ2n) is 3.91. The lowest BCUT2D eigenvalue weighted by Gasteiger charge is -2.27. The van der Waals surface area contributed by atoms with E-state index in [0.29, 0.717) is 12.5 Å². The Labute approximate surface area is 110 Å². The van der Waals surface area contributed by atoms with Gasteiger partial charge in [0.15, 0.2) is 0 Å². The molecule has 6 heteroatoms. The highest BCUT2D eigenvalue weighted by atomic mass is 35.5. The van der Waals surface area contributed by atoms with Gasteiger partial charge in [-0.1, -0.05) is 11.6 Å². The smallest absolute Gasteiger partial charge is 0.207 e. The predicted molar refractivity (Wildman–Crippen MR) is 68.6 cm³/mol. The molecule has 2 N–H and O–H groups in total. The van der Waals surface area contributed by atoms with Crippen molar-refractivity contribution in [3.8, 4) is 0 Å². The topological polar surface area (TPSA) is 47.7 Å². The van der Waals surface area contributed by atoms with Gasteiger partial charge in [0.2, 0.25) is 5.88 Å². The number of hydrogen-bond acceptors (Lipinski definition) is 5. The first-order valence-corrected chi connectivity index (χ1v) is 6.49. The zero-order valence-electron chi connectivity index (χ0n) is 9.72. The van der Waals surface area contributed by atoms with Gasteiger partial charge in [-0.05, 0) is 19.1 Å². The van der Waals surface area contributed by atoms with Crippen molar-refractivity contribution in [1.82, 2.24) is 5.06 Å². The van der Waals surface area contributed by atoms with Crippen LogP contribution in [-0.2, 0) is 9.57 Å². The number of nitrogens with two attached hydrogens (primary N) is 1. The summed E-state index contributed by atoms with van der Waals surface area (Å²) in [6.45, 7) is 2.61. The maximum Gasteiger partial charge on any atom is 0.207 e. The first-order valence-electron chi connectivity index (χ1n) is 5.29. The molecule has 2 atom stereocenters. The minimum Gasteiger partial charge on any atom is -0.387 e. The van der Waals surface area contributed by atoms with Crippen LogP contribution >= 0.6 is 22.9 Å². The lowest BCUT2D eigenvalue weighted by Crippen LogP contribution is -2.35. The van der Waals surface area contributed by atoms with Crippen molar-refractivity contribution < 1.29 is 9.57 Å². The van der Waals surface area contributed by atoms with E-state index >= 15 is 0 Å². The summed E-state index contributed by atoms with van der Waals surface area (Å²) < 4.78 is 5.89. The molecule has 0 bridgehead atoms. The molecule has 17 heavy (non-hydrogen) atoms. The summed E-state index contributed by atoms with van der Waals surface area (Å²) in [5.74, 6) is 0.419. The minimum absolute atomic E-state index is 0.0117. The average molecular weight is 275 g/mol. The largest absolute Gasteiger partial charge is 0.387 e. The molecular weight excluding hydrogens is 260 g/mol. The Hall–Kier alpha value is -0.750. The maximum atomic E-state index is 5.95. The van der Waals surface area contributed by atoms with Gasteiger partial charge in [-0.3, -0.25) is 0 Å². The Morgan fingerprint density at radius 2 is 2.41 bits per heavy atom. The molecule has 1 aliphatic heterocycles. The van der Waals surface area contributed by atoms with Crippen molar-refractivity contribution in [3.63, 3.8) is 0 Å². The number of ether oxygens (including phenoxy) is 1. The van der Waals surface area contributed by atoms with Gasteiger partial charge in [-0.25, -0.2) is 0 Å². The van der Waals surface area contributed by atoms with Gasteiger partial charge in [-0.15, -0.1) is 16.4 Å². The SMILES string of the molecule is COCC(C)N1OC(N)=CC1c1ccc(Cl)s1. The Balaban J connectivity index is 2.18. The van der Waals surface area contributed by atoms with Crippen LogP contribution in [0.5, 0.6) is 0 Å². The highest BCUT2D eigenvalue weighted by Gasteiger charge is 2.32. The van der Waals surface area contributed by atoms with Gasteiger partial charge < -0.3 is 15.3 Å². The summed E-state index contributed by atoms with van der Waals surface area (Å²) in [5, 5.41) is 1.83. The van der Waals surface area contributed by atoms with E-state index < -0.39 is 0 Å². The molecule has 0 saturated carbocycles. The van der Waals surface area contributed by atoms with Crippen LogP contribution in [0.4, 0.5) is 0 Å². The van der Waals surface area contributed by atoms with Crippen LogP contribution in [0.2, 0.25) is 4.34 Å². The van der Waals surface area contributed by atoms with E-state index in [1.807, 2.05) is 30.2 Å². The zero-order chi connectivity index (χ0) is 12.4. The highest BCUT2D eigenvalue weighted by molar-refractivity contribution is 7.16. The molecule has 1 aliphatic rings. The molecule has 0 spiro atoms. The fraction of sp³-hybridized carbons (Fsp3) is 0.455. The molecule has 0 radical (unpaired) electrons. The fourth-order valence-corrected chi connectivity index (χ4v) is 2.93. The van der Waals surface area contributed by atoms with Crippen LogP contribution in [0.15, 0.2) is 24.1 Å². The maximum absolute atomic E-state index is 5.95. The summed E-state index contributed by atoms with van der Waals surface area (Å²) in [7, 11) is 1.67. The van der Waals surface area contributed by atoms with E-state index in [1.54, 1.807) is 7.11 Å². The van der Waals surface area contributed by atoms with E-state index in [0.717, 1.165) is 9.21 Å². The van der Waals surface area contributed by atoms with E-state index in [9.17, 15) is 0 Å². The second kappa shape index (κ2) is 5.27. The molecule has 2 unspecified atom stereocenters. The predicted octanol–water partition coefficient (Wildman–Crippen LogP) is 2.52. The number of rotatable bonds is 4. The molecule has 0 fully saturated rings. The Morgan fingerprint density at radius 1 is 1.65 bits per heavy atom. The molecule has 1 aromatic heterocycles. The Bertz CT molecular complexity index is 421. The van der Waals surface area contributed by atoms with E-state index in [4.69, 9.17) is 26.9 Å². The summed E-state index contributed by atoms with van der Waals surface area (Å²) in [6, 6.07) is 3.99. The molecule has 0 aliphatic carbocycles. The molecule has 0 saturated heterocycles. The van der Waals surface area contributed by atoms with E-state index in [2.05, 4.69) is 0 Å². The van der Waals surface area contributed by atoms with Crippen molar-refractivity contribution in [2.45, 2.75) is 19.0 Å². The molecule has 4 nitrogen and oxygen atoms in total. The molecule has 94 valence electrons. The lowest BCUT2D eigenvalue weighted by atomic mass is 10.2. The first-order chi connectivity index (χ1) is 8.11. The monoisotopic (exact) mass is 274 g/mol. The molecule has 2 rings (SSSR count). The summed E-state index contributed by atoms with van der Waals surface area (Å²) in [4.78, 5) is 6.62. The number of halogens is 1. The van der Waals surface area contributed by atoms with Gasteiger partial charge in [-0.2, -0.15) is 0 Å². The molecule has 0 amide bonds. The number of nitrogens with zero attached hydrogens (tertiary/aromatic N) is 1. The highest BCUT2D eigenvalue weighted by Crippen LogP contribution is 2.36. The normalized spacial score (nSPS) is 22.3. The van der Waals surface area contributed by atoms with Crippen LogP contribution < -0.4 is 5.73 Å². The van der Waals surface area contributed by atoms with Crippen molar-refractivity contribution in [1.29, 1.82) is 0 Å². The van der Waals surface area contributed by atoms with Gasteiger partial charge in [0, 0.05) is 18.1 Å². The number of hydrogen-bond donors (Lipinski definition) is 1. The van der Waals surface area contributed by atoms with Crippen LogP contribution in [0, 0.1) is 0 Å². The Kier molecular flexibility index (Phi) is 3.93. The molecule has 2 heterocycles. The lowest BCUT2D eigenvalue weighted by molar-refractivity contribution is -0.158. The van der Waals surface area contributed by atoms with Crippen LogP contribution in [0.3, 0.4) is 0 Å². The third kappa shape index (κ3) is 2.74. The van der Waals surface area contributed by atoms with Crippen LogP contribution in [0.1, 0.15) is 17.8 Å². The van der Waals surface area contributed by atoms with Gasteiger partial charge in [0.1, 0.15) is 6.04 Å². The number of thiophene rings is 1. The van der Waals surface area contributed by atoms with E-state index in [1.165, 1.54) is 11.3 Å². The molecule has 0 aromatic carbocycles. The number of methoxy groups -OCH3 is 1. The quantitative estimate of drug-likeness (QED) is 0.917. The Morgan fingerprint density at radius 3 is 3.00 bits per heavy atom. The third-order valence-electron chi connectivity index (χ3n) is 2.53. The standard InChI is InChI=1S/C11H15ClN2O2S/c1-7(6-15-2)14-8(5-11(13)16-14)9-3-4-10(12)17-9/h3-5,7-8H,6,13H2,1-2H3. The zero-order valence-corrected chi connectivity index (χ0v) is 11.3. The fourth-order valence-electron chi connectivity index (χ4n) is 1.81. The van der Waals surface area contributed by atoms with Crippen LogP contribution in [-0.4, -0.2) is 24.8 Å². The summed E-state index contributed by atoms with van der Waals surface area (Å²) >= 11 is 7.48. The molecular formula is C11H15ClN2O2S. The van der Waals surface area contributed by atoms with Crippen molar-refractivity contribution in [2.24, 2.45) is 5.73 Å². The first kappa shape index (κ1) is 12.7. The van der Waals surface area contributed by atoms with Gasteiger partial charge >= 0.3 is 0 Å². The average Bonchev–Trinajstić information content (AvgIpc) is 2.84. The van der Waals surface area contributed by atoms with Gasteiger partial charge in [0.05, 0.1) is 17.0 Å². The van der Waals surface area contributed by atoms with E-state index in [-0.39, 0.29) is 12.1 Å². The van der Waals surface area contributed by atoms with Crippen molar-refractivity contribution in [3.05, 3.63) is 33.3 Å². The van der Waals surface area contributed by atoms with Crippen LogP contribution in [0.25, 0.3) is 0 Å². The minimum atomic E-state index is 0.0117.